The first-order chi connectivity index (χ1) is 17.2. The van der Waals surface area contributed by atoms with E-state index in [0.29, 0.717) is 4.90 Å². The fourth-order valence-electron chi connectivity index (χ4n) is 5.00. The summed E-state index contributed by atoms with van der Waals surface area (Å²) < 4.78 is 83.6. The van der Waals surface area contributed by atoms with Gasteiger partial charge in [-0.15, -0.1) is 13.2 Å². The lowest BCUT2D eigenvalue weighted by Crippen LogP contribution is -2.60. The summed E-state index contributed by atoms with van der Waals surface area (Å²) in [4.78, 5) is 38.5. The zero-order valence-electron chi connectivity index (χ0n) is 19.1. The molecule has 4 rings (SSSR count). The van der Waals surface area contributed by atoms with Crippen molar-refractivity contribution in [3.05, 3.63) is 42.6 Å². The molecule has 37 heavy (non-hydrogen) atoms. The maximum Gasteiger partial charge on any atom is 0.574 e. The quantitative estimate of drug-likeness (QED) is 0.411. The number of anilines is 1. The highest BCUT2D eigenvalue weighted by atomic mass is 35.5. The Labute approximate surface area is 211 Å². The molecule has 2 bridgehead atoms. The number of nitrogens with zero attached hydrogens (tertiary/aromatic N) is 4. The van der Waals surface area contributed by atoms with Gasteiger partial charge in [-0.05, 0) is 31.7 Å². The monoisotopic (exact) mass is 551 g/mol. The van der Waals surface area contributed by atoms with Gasteiger partial charge >= 0.3 is 6.36 Å². The second-order valence-corrected chi connectivity index (χ2v) is 9.43. The minimum atomic E-state index is -5.04. The number of carbonyl (C=O) groups is 2. The Morgan fingerprint density at radius 3 is 2.35 bits per heavy atom. The molecule has 0 aliphatic heterocycles. The summed E-state index contributed by atoms with van der Waals surface area (Å²) in [5, 5.41) is 2.69. The van der Waals surface area contributed by atoms with Crippen molar-refractivity contribution in [2.75, 3.05) is 4.90 Å². The predicted molar refractivity (Wildman–Crippen MR) is 116 cm³/mol. The van der Waals surface area contributed by atoms with Crippen LogP contribution in [0.3, 0.4) is 0 Å². The van der Waals surface area contributed by atoms with E-state index >= 15 is 0 Å². The summed E-state index contributed by atoms with van der Waals surface area (Å²) >= 11 is 5.44. The smallest absolute Gasteiger partial charge is 0.388 e. The summed E-state index contributed by atoms with van der Waals surface area (Å²) in [7, 11) is 0. The second-order valence-electron chi connectivity index (χ2n) is 9.05. The van der Waals surface area contributed by atoms with Crippen LogP contribution in [0.15, 0.2) is 37.1 Å². The topological polar surface area (TPSA) is 97.3 Å². The third kappa shape index (κ3) is 5.29. The van der Waals surface area contributed by atoms with Crippen molar-refractivity contribution < 1.29 is 40.7 Å². The maximum atomic E-state index is 14.2. The van der Waals surface area contributed by atoms with Gasteiger partial charge in [-0.2, -0.15) is 0 Å². The van der Waals surface area contributed by atoms with Gasteiger partial charge in [0.15, 0.2) is 5.54 Å². The molecular weight excluding hydrogens is 532 g/mol. The van der Waals surface area contributed by atoms with E-state index in [1.807, 2.05) is 0 Å². The Kier molecular flexibility index (Phi) is 6.99. The summed E-state index contributed by atoms with van der Waals surface area (Å²) in [6, 6.07) is 1.08. The second kappa shape index (κ2) is 9.62. The highest BCUT2D eigenvalue weighted by Gasteiger charge is 2.58. The van der Waals surface area contributed by atoms with Gasteiger partial charge in [0.2, 0.25) is 5.88 Å². The molecule has 2 aromatic heterocycles. The first-order valence-corrected chi connectivity index (χ1v) is 11.4. The number of fused-ring (bicyclic) bond motifs is 2. The predicted octanol–water partition coefficient (Wildman–Crippen LogP) is 4.10. The van der Waals surface area contributed by atoms with Crippen molar-refractivity contribution in [2.45, 2.75) is 55.7 Å². The summed E-state index contributed by atoms with van der Waals surface area (Å²) in [5.74, 6) is -7.44. The molecule has 1 N–H and O–H groups in total. The fraction of sp³-hybridized carbons (Fsp3) is 0.500. The van der Waals surface area contributed by atoms with Gasteiger partial charge in [0.1, 0.15) is 6.33 Å². The van der Waals surface area contributed by atoms with Crippen molar-refractivity contribution in [1.29, 1.82) is 0 Å². The summed E-state index contributed by atoms with van der Waals surface area (Å²) in [6.07, 6.45) is -0.972. The minimum Gasteiger partial charge on any atom is -0.388 e. The van der Waals surface area contributed by atoms with Gasteiger partial charge in [0, 0.05) is 42.4 Å². The standard InChI is InChI=1S/C22H20ClF6N5O3/c1-20(13-7-30-10-31-8-13,19(36)33-15-5-12-4-11(15)6-21(12,25)26)34(18(35)17(23)24)14-2-3-16(32-9-14)37-22(27,28)29/h2-3,7-12,15,17H,4-6H2,1H3,(H,33,36)/t11?,12?,15-,17-,20+/m0/s1. The number of rotatable bonds is 7. The van der Waals surface area contributed by atoms with Gasteiger partial charge < -0.3 is 10.1 Å². The van der Waals surface area contributed by atoms with Gasteiger partial charge in [-0.25, -0.2) is 28.1 Å². The summed E-state index contributed by atoms with van der Waals surface area (Å²) in [6.45, 7) is 1.22. The van der Waals surface area contributed by atoms with E-state index in [0.717, 1.165) is 24.7 Å². The largest absolute Gasteiger partial charge is 0.574 e. The normalized spacial score (nSPS) is 24.7. The van der Waals surface area contributed by atoms with Crippen LogP contribution in [0.4, 0.5) is 32.0 Å². The van der Waals surface area contributed by atoms with Crippen molar-refractivity contribution in [3.63, 3.8) is 0 Å². The number of pyridine rings is 1. The number of hydrogen-bond acceptors (Lipinski definition) is 6. The number of hydrogen-bond donors (Lipinski definition) is 1. The third-order valence-electron chi connectivity index (χ3n) is 6.76. The average Bonchev–Trinajstić information content (AvgIpc) is 3.35. The molecule has 0 radical (unpaired) electrons. The van der Waals surface area contributed by atoms with Crippen molar-refractivity contribution in [2.24, 2.45) is 11.8 Å². The van der Waals surface area contributed by atoms with E-state index in [-0.39, 0.29) is 24.1 Å². The maximum absolute atomic E-state index is 14.2. The molecule has 5 atom stereocenters. The molecular formula is C22H20ClF6N5O3. The molecule has 2 amide bonds. The number of nitrogens with one attached hydrogen (secondary N) is 1. The minimum absolute atomic E-state index is 0.00496. The first-order valence-electron chi connectivity index (χ1n) is 11.0. The van der Waals surface area contributed by atoms with Gasteiger partial charge in [-0.3, -0.25) is 14.5 Å². The van der Waals surface area contributed by atoms with Crippen LogP contribution in [0.25, 0.3) is 0 Å². The van der Waals surface area contributed by atoms with Crippen LogP contribution in [0.2, 0.25) is 0 Å². The van der Waals surface area contributed by atoms with E-state index in [2.05, 4.69) is 25.0 Å². The molecule has 2 aromatic rings. The molecule has 0 saturated heterocycles. The average molecular weight is 552 g/mol. The van der Waals surface area contributed by atoms with Crippen LogP contribution < -0.4 is 15.0 Å². The lowest BCUT2D eigenvalue weighted by molar-refractivity contribution is -0.276. The fourth-order valence-corrected chi connectivity index (χ4v) is 5.09. The zero-order chi connectivity index (χ0) is 27.2. The number of aromatic nitrogens is 3. The van der Waals surface area contributed by atoms with Crippen LogP contribution in [-0.4, -0.2) is 50.7 Å². The van der Waals surface area contributed by atoms with Crippen LogP contribution in [0.1, 0.15) is 31.7 Å². The number of halogens is 7. The van der Waals surface area contributed by atoms with E-state index in [4.69, 9.17) is 11.6 Å². The van der Waals surface area contributed by atoms with Crippen LogP contribution >= 0.6 is 11.6 Å². The molecule has 8 nitrogen and oxygen atoms in total. The Bertz CT molecular complexity index is 1150. The number of ether oxygens (including phenoxy) is 1. The number of alkyl halides is 7. The lowest BCUT2D eigenvalue weighted by atomic mass is 9.87. The summed E-state index contributed by atoms with van der Waals surface area (Å²) in [5.41, 5.74) is -5.09. The van der Waals surface area contributed by atoms with Crippen molar-refractivity contribution in [3.8, 4) is 5.88 Å². The van der Waals surface area contributed by atoms with Crippen LogP contribution in [-0.2, 0) is 15.1 Å². The molecule has 0 aromatic carbocycles. The third-order valence-corrected chi connectivity index (χ3v) is 6.95. The molecule has 2 fully saturated rings. The SMILES string of the molecule is C[C@](C(=O)N[C@H]1CC2CC1CC2(F)F)(c1cncnc1)N(C(=O)[C@H](F)Cl)c1ccc(OC(F)(F)F)nc1. The van der Waals surface area contributed by atoms with Crippen LogP contribution in [0.5, 0.6) is 5.88 Å². The van der Waals surface area contributed by atoms with E-state index < -0.39 is 65.4 Å². The molecule has 2 saturated carbocycles. The molecule has 2 aliphatic carbocycles. The van der Waals surface area contributed by atoms with Gasteiger partial charge in [0.25, 0.3) is 23.4 Å². The highest BCUT2D eigenvalue weighted by molar-refractivity contribution is 6.32. The number of carbonyl (C=O) groups excluding carboxylic acids is 2. The van der Waals surface area contributed by atoms with Crippen molar-refractivity contribution in [1.82, 2.24) is 20.3 Å². The molecule has 0 spiro atoms. The van der Waals surface area contributed by atoms with E-state index in [1.165, 1.54) is 19.3 Å². The van der Waals surface area contributed by atoms with E-state index in [9.17, 15) is 35.9 Å². The Morgan fingerprint density at radius 2 is 1.86 bits per heavy atom. The molecule has 2 unspecified atom stereocenters. The van der Waals surface area contributed by atoms with Crippen LogP contribution in [0, 0.1) is 11.8 Å². The molecule has 200 valence electrons. The molecule has 2 aliphatic rings. The van der Waals surface area contributed by atoms with Gasteiger partial charge in [-0.1, -0.05) is 11.6 Å². The van der Waals surface area contributed by atoms with Crippen molar-refractivity contribution >= 4 is 29.1 Å². The zero-order valence-corrected chi connectivity index (χ0v) is 19.8. The number of amides is 2. The Morgan fingerprint density at radius 1 is 1.19 bits per heavy atom. The first kappa shape index (κ1) is 26.9. The highest BCUT2D eigenvalue weighted by Crippen LogP contribution is 2.53. The van der Waals surface area contributed by atoms with E-state index in [1.54, 1.807) is 0 Å². The van der Waals surface area contributed by atoms with Gasteiger partial charge in [0.05, 0.1) is 11.9 Å². The Hall–Kier alpha value is -3.16. The molecule has 2 heterocycles. The Balaban J connectivity index is 1.73. The molecule has 15 heteroatoms. The lowest BCUT2D eigenvalue weighted by Gasteiger charge is -2.41.